The molecule has 0 saturated carbocycles. The third-order valence-corrected chi connectivity index (χ3v) is 4.22. The van der Waals surface area contributed by atoms with Gasteiger partial charge >= 0.3 is 12.0 Å². The standard InChI is InChI=1S/C22H25ClN2O6/c1-14(2)11-24-22(28)25-20(26)13-31-21(27)16-6-9-18(19(10-16)29-3)30-12-15-4-7-17(23)8-5-15/h4-10,14H,11-13H2,1-3H3,(H2,24,25,26,28). The first-order valence-electron chi connectivity index (χ1n) is 9.58. The fraction of sp³-hybridized carbons (Fsp3) is 0.318. The van der Waals surface area contributed by atoms with Gasteiger partial charge in [-0.2, -0.15) is 0 Å². The quantitative estimate of drug-likeness (QED) is 0.568. The first-order valence-corrected chi connectivity index (χ1v) is 9.96. The van der Waals surface area contributed by atoms with E-state index in [1.165, 1.54) is 19.2 Å². The maximum Gasteiger partial charge on any atom is 0.338 e. The molecular weight excluding hydrogens is 424 g/mol. The number of imide groups is 1. The zero-order valence-electron chi connectivity index (χ0n) is 17.6. The van der Waals surface area contributed by atoms with Crippen LogP contribution in [0.25, 0.3) is 0 Å². The summed E-state index contributed by atoms with van der Waals surface area (Å²) in [6, 6.07) is 11.1. The van der Waals surface area contributed by atoms with E-state index < -0.39 is 24.5 Å². The molecule has 9 heteroatoms. The van der Waals surface area contributed by atoms with Crippen LogP contribution in [0.3, 0.4) is 0 Å². The molecule has 8 nitrogen and oxygen atoms in total. The molecule has 0 aromatic heterocycles. The average molecular weight is 449 g/mol. The third kappa shape index (κ3) is 8.18. The van der Waals surface area contributed by atoms with Gasteiger partial charge in [0.2, 0.25) is 0 Å². The van der Waals surface area contributed by atoms with Crippen LogP contribution in [0.15, 0.2) is 42.5 Å². The number of benzene rings is 2. The SMILES string of the molecule is COc1cc(C(=O)OCC(=O)NC(=O)NCC(C)C)ccc1OCc1ccc(Cl)cc1. The summed E-state index contributed by atoms with van der Waals surface area (Å²) in [5.74, 6) is -0.453. The van der Waals surface area contributed by atoms with Crippen molar-refractivity contribution in [3.8, 4) is 11.5 Å². The number of carbonyl (C=O) groups excluding carboxylic acids is 3. The van der Waals surface area contributed by atoms with E-state index in [1.807, 2.05) is 26.0 Å². The van der Waals surface area contributed by atoms with E-state index in [0.717, 1.165) is 5.56 Å². The minimum absolute atomic E-state index is 0.174. The summed E-state index contributed by atoms with van der Waals surface area (Å²) in [6.45, 7) is 3.96. The molecular formula is C22H25ClN2O6. The molecule has 0 aliphatic heterocycles. The van der Waals surface area contributed by atoms with Crippen LogP contribution < -0.4 is 20.1 Å². The van der Waals surface area contributed by atoms with Crippen LogP contribution in [0.1, 0.15) is 29.8 Å². The van der Waals surface area contributed by atoms with E-state index in [2.05, 4.69) is 10.6 Å². The first-order chi connectivity index (χ1) is 14.8. The Kier molecular flexibility index (Phi) is 9.14. The van der Waals surface area contributed by atoms with E-state index in [-0.39, 0.29) is 18.1 Å². The first kappa shape index (κ1) is 24.0. The normalized spacial score (nSPS) is 10.4. The zero-order valence-corrected chi connectivity index (χ0v) is 18.3. The second-order valence-corrected chi connectivity index (χ2v) is 7.45. The summed E-state index contributed by atoms with van der Waals surface area (Å²) >= 11 is 5.87. The van der Waals surface area contributed by atoms with Gasteiger partial charge in [-0.25, -0.2) is 9.59 Å². The molecule has 0 atom stereocenters. The molecule has 0 heterocycles. The maximum atomic E-state index is 12.2. The summed E-state index contributed by atoms with van der Waals surface area (Å²) < 4.78 is 16.0. The number of amides is 3. The highest BCUT2D eigenvalue weighted by atomic mass is 35.5. The van der Waals surface area contributed by atoms with Crippen molar-refractivity contribution in [3.05, 3.63) is 58.6 Å². The highest BCUT2D eigenvalue weighted by Crippen LogP contribution is 2.29. The van der Waals surface area contributed by atoms with E-state index >= 15 is 0 Å². The number of halogens is 1. The fourth-order valence-corrected chi connectivity index (χ4v) is 2.50. The number of ether oxygens (including phenoxy) is 3. The lowest BCUT2D eigenvalue weighted by atomic mass is 10.2. The van der Waals surface area contributed by atoms with E-state index in [4.69, 9.17) is 25.8 Å². The number of esters is 1. The predicted octanol–water partition coefficient (Wildman–Crippen LogP) is 3.57. The lowest BCUT2D eigenvalue weighted by molar-refractivity contribution is -0.123. The van der Waals surface area contributed by atoms with Crippen molar-refractivity contribution in [3.63, 3.8) is 0 Å². The number of hydrogen-bond acceptors (Lipinski definition) is 6. The molecule has 166 valence electrons. The van der Waals surface area contributed by atoms with Crippen molar-refractivity contribution < 1.29 is 28.6 Å². The second kappa shape index (κ2) is 11.8. The van der Waals surface area contributed by atoms with Crippen molar-refractivity contribution in [2.45, 2.75) is 20.5 Å². The topological polar surface area (TPSA) is 103 Å². The predicted molar refractivity (Wildman–Crippen MR) is 115 cm³/mol. The van der Waals surface area contributed by atoms with Gasteiger partial charge in [0.1, 0.15) is 6.61 Å². The van der Waals surface area contributed by atoms with Crippen LogP contribution in [0.2, 0.25) is 5.02 Å². The highest BCUT2D eigenvalue weighted by molar-refractivity contribution is 6.30. The van der Waals surface area contributed by atoms with Gasteiger partial charge in [-0.1, -0.05) is 37.6 Å². The van der Waals surface area contributed by atoms with Crippen molar-refractivity contribution in [2.75, 3.05) is 20.3 Å². The van der Waals surface area contributed by atoms with Gasteiger partial charge in [0.05, 0.1) is 12.7 Å². The zero-order chi connectivity index (χ0) is 22.8. The molecule has 0 saturated heterocycles. The summed E-state index contributed by atoms with van der Waals surface area (Å²) in [4.78, 5) is 35.5. The molecule has 0 bridgehead atoms. The molecule has 2 rings (SSSR count). The lowest BCUT2D eigenvalue weighted by Gasteiger charge is -2.12. The number of hydrogen-bond donors (Lipinski definition) is 2. The minimum atomic E-state index is -0.736. The lowest BCUT2D eigenvalue weighted by Crippen LogP contribution is -2.42. The van der Waals surface area contributed by atoms with Crippen molar-refractivity contribution >= 4 is 29.5 Å². The second-order valence-electron chi connectivity index (χ2n) is 7.01. The Labute approximate surface area is 185 Å². The van der Waals surface area contributed by atoms with E-state index in [9.17, 15) is 14.4 Å². The average Bonchev–Trinajstić information content (AvgIpc) is 2.75. The van der Waals surface area contributed by atoms with E-state index in [1.54, 1.807) is 18.2 Å². The minimum Gasteiger partial charge on any atom is -0.493 e. The number of urea groups is 1. The van der Waals surface area contributed by atoms with Gasteiger partial charge in [-0.05, 0) is 41.8 Å². The van der Waals surface area contributed by atoms with Crippen molar-refractivity contribution in [1.29, 1.82) is 0 Å². The van der Waals surface area contributed by atoms with Crippen LogP contribution in [0.5, 0.6) is 11.5 Å². The number of carbonyl (C=O) groups is 3. The van der Waals surface area contributed by atoms with Gasteiger partial charge in [0.25, 0.3) is 5.91 Å². The van der Waals surface area contributed by atoms with Crippen LogP contribution in [0, 0.1) is 5.92 Å². The van der Waals surface area contributed by atoms with Gasteiger partial charge in [0, 0.05) is 11.6 Å². The van der Waals surface area contributed by atoms with Crippen molar-refractivity contribution in [2.24, 2.45) is 5.92 Å². The van der Waals surface area contributed by atoms with Crippen LogP contribution in [-0.4, -0.2) is 38.2 Å². The highest BCUT2D eigenvalue weighted by Gasteiger charge is 2.15. The van der Waals surface area contributed by atoms with Crippen LogP contribution >= 0.6 is 11.6 Å². The molecule has 2 N–H and O–H groups in total. The number of nitrogens with one attached hydrogen (secondary N) is 2. The fourth-order valence-electron chi connectivity index (χ4n) is 2.37. The van der Waals surface area contributed by atoms with Crippen LogP contribution in [0.4, 0.5) is 4.79 Å². The maximum absolute atomic E-state index is 12.2. The Hall–Kier alpha value is -3.26. The molecule has 0 radical (unpaired) electrons. The smallest absolute Gasteiger partial charge is 0.338 e. The Morgan fingerprint density at radius 1 is 1.03 bits per heavy atom. The number of rotatable bonds is 9. The third-order valence-electron chi connectivity index (χ3n) is 3.97. The molecule has 0 spiro atoms. The summed E-state index contributed by atoms with van der Waals surface area (Å²) in [5, 5.41) is 5.26. The molecule has 0 aliphatic rings. The van der Waals surface area contributed by atoms with Gasteiger partial charge in [-0.15, -0.1) is 0 Å². The molecule has 0 fully saturated rings. The molecule has 0 aliphatic carbocycles. The Morgan fingerprint density at radius 2 is 1.74 bits per heavy atom. The monoisotopic (exact) mass is 448 g/mol. The molecule has 3 amide bonds. The summed E-state index contributed by atoms with van der Waals surface area (Å²) in [7, 11) is 1.45. The summed E-state index contributed by atoms with van der Waals surface area (Å²) in [5.41, 5.74) is 1.09. The van der Waals surface area contributed by atoms with Gasteiger partial charge in [-0.3, -0.25) is 10.1 Å². The molecule has 2 aromatic carbocycles. The van der Waals surface area contributed by atoms with E-state index in [0.29, 0.717) is 23.1 Å². The number of methoxy groups -OCH3 is 1. The molecule has 2 aromatic rings. The van der Waals surface area contributed by atoms with Gasteiger partial charge in [0.15, 0.2) is 18.1 Å². The Bertz CT molecular complexity index is 915. The Morgan fingerprint density at radius 3 is 2.39 bits per heavy atom. The van der Waals surface area contributed by atoms with Crippen molar-refractivity contribution in [1.82, 2.24) is 10.6 Å². The largest absolute Gasteiger partial charge is 0.493 e. The summed E-state index contributed by atoms with van der Waals surface area (Å²) in [6.07, 6.45) is 0. The Balaban J connectivity index is 1.89. The van der Waals surface area contributed by atoms with Crippen LogP contribution in [-0.2, 0) is 16.1 Å². The molecule has 31 heavy (non-hydrogen) atoms. The van der Waals surface area contributed by atoms with Gasteiger partial charge < -0.3 is 19.5 Å². The molecule has 0 unspecified atom stereocenters.